The molecule has 0 aromatic carbocycles. The fourth-order valence-electron chi connectivity index (χ4n) is 1.44. The van der Waals surface area contributed by atoms with E-state index in [-0.39, 0.29) is 11.8 Å². The number of hydrogen-bond donors (Lipinski definition) is 2. The maximum Gasteiger partial charge on any atom is 0.326 e. The maximum absolute atomic E-state index is 11.5. The Morgan fingerprint density at radius 2 is 2.06 bits per heavy atom. The molecule has 96 valence electrons. The number of terminal acetylenes is 1. The predicted molar refractivity (Wildman–Crippen MR) is 66.3 cm³/mol. The monoisotopic (exact) mass is 239 g/mol. The lowest BCUT2D eigenvalue weighted by molar-refractivity contribution is -0.143. The van der Waals surface area contributed by atoms with Crippen molar-refractivity contribution in [1.82, 2.24) is 5.32 Å². The van der Waals surface area contributed by atoms with Crippen LogP contribution in [0.25, 0.3) is 0 Å². The van der Waals surface area contributed by atoms with Crippen molar-refractivity contribution in [2.45, 2.75) is 52.0 Å². The smallest absolute Gasteiger partial charge is 0.326 e. The SMILES string of the molecule is C#CCCCCC(=O)NC(C(=O)O)C(C)CC. The van der Waals surface area contributed by atoms with Crippen LogP contribution in [0.4, 0.5) is 0 Å². The second-order valence-corrected chi connectivity index (χ2v) is 4.18. The molecular formula is C13H21NO3. The average Bonchev–Trinajstić information content (AvgIpc) is 2.30. The molecule has 4 heteroatoms. The third-order valence-electron chi connectivity index (χ3n) is 2.77. The van der Waals surface area contributed by atoms with Crippen LogP contribution in [0.15, 0.2) is 0 Å². The quantitative estimate of drug-likeness (QED) is 0.501. The van der Waals surface area contributed by atoms with Gasteiger partial charge in [0.15, 0.2) is 0 Å². The molecule has 4 nitrogen and oxygen atoms in total. The number of hydrogen-bond acceptors (Lipinski definition) is 2. The van der Waals surface area contributed by atoms with Gasteiger partial charge in [-0.15, -0.1) is 12.3 Å². The van der Waals surface area contributed by atoms with Crippen LogP contribution < -0.4 is 5.32 Å². The molecule has 0 heterocycles. The van der Waals surface area contributed by atoms with Gasteiger partial charge in [0.05, 0.1) is 0 Å². The van der Waals surface area contributed by atoms with Gasteiger partial charge in [0.25, 0.3) is 0 Å². The van der Waals surface area contributed by atoms with Crippen molar-refractivity contribution in [3.8, 4) is 12.3 Å². The van der Waals surface area contributed by atoms with Crippen molar-refractivity contribution < 1.29 is 14.7 Å². The highest BCUT2D eigenvalue weighted by Gasteiger charge is 2.24. The third-order valence-corrected chi connectivity index (χ3v) is 2.77. The first-order valence-corrected chi connectivity index (χ1v) is 5.98. The zero-order valence-corrected chi connectivity index (χ0v) is 10.5. The van der Waals surface area contributed by atoms with Gasteiger partial charge in [-0.1, -0.05) is 20.3 Å². The molecule has 0 aliphatic rings. The summed E-state index contributed by atoms with van der Waals surface area (Å²) in [5, 5.41) is 11.5. The van der Waals surface area contributed by atoms with Crippen LogP contribution in [0.2, 0.25) is 0 Å². The van der Waals surface area contributed by atoms with Gasteiger partial charge in [-0.3, -0.25) is 4.79 Å². The molecule has 0 fully saturated rings. The molecule has 0 radical (unpaired) electrons. The number of carboxylic acid groups (broad SMARTS) is 1. The molecule has 0 saturated carbocycles. The van der Waals surface area contributed by atoms with Crippen molar-refractivity contribution >= 4 is 11.9 Å². The summed E-state index contributed by atoms with van der Waals surface area (Å²) in [5.74, 6) is 1.25. The van der Waals surface area contributed by atoms with Gasteiger partial charge in [-0.25, -0.2) is 4.79 Å². The van der Waals surface area contributed by atoms with Gasteiger partial charge >= 0.3 is 5.97 Å². The zero-order valence-electron chi connectivity index (χ0n) is 10.5. The molecule has 0 aromatic rings. The van der Waals surface area contributed by atoms with Crippen molar-refractivity contribution in [1.29, 1.82) is 0 Å². The number of amides is 1. The van der Waals surface area contributed by atoms with Crippen molar-refractivity contribution in [2.24, 2.45) is 5.92 Å². The van der Waals surface area contributed by atoms with Crippen molar-refractivity contribution in [2.75, 3.05) is 0 Å². The summed E-state index contributed by atoms with van der Waals surface area (Å²) >= 11 is 0. The van der Waals surface area contributed by atoms with Crippen molar-refractivity contribution in [3.05, 3.63) is 0 Å². The second-order valence-electron chi connectivity index (χ2n) is 4.18. The Hall–Kier alpha value is -1.50. The maximum atomic E-state index is 11.5. The summed E-state index contributed by atoms with van der Waals surface area (Å²) in [5.41, 5.74) is 0. The Labute approximate surface area is 103 Å². The summed E-state index contributed by atoms with van der Waals surface area (Å²) in [6, 6.07) is -0.792. The number of carbonyl (C=O) groups is 2. The standard InChI is InChI=1S/C13H21NO3/c1-4-6-7-8-9-11(15)14-12(13(16)17)10(3)5-2/h1,10,12H,5-9H2,2-3H3,(H,14,15)(H,16,17). The number of unbranched alkanes of at least 4 members (excludes halogenated alkanes) is 2. The van der Waals surface area contributed by atoms with Crippen LogP contribution >= 0.6 is 0 Å². The molecule has 2 atom stereocenters. The lowest BCUT2D eigenvalue weighted by atomic mass is 9.99. The Morgan fingerprint density at radius 3 is 2.53 bits per heavy atom. The van der Waals surface area contributed by atoms with Crippen LogP contribution in [-0.4, -0.2) is 23.0 Å². The van der Waals surface area contributed by atoms with Crippen LogP contribution in [0, 0.1) is 18.3 Å². The van der Waals surface area contributed by atoms with Crippen molar-refractivity contribution in [3.63, 3.8) is 0 Å². The molecule has 2 unspecified atom stereocenters. The molecule has 0 saturated heterocycles. The summed E-state index contributed by atoms with van der Waals surface area (Å²) in [6.45, 7) is 3.72. The van der Waals surface area contributed by atoms with Crippen LogP contribution in [-0.2, 0) is 9.59 Å². The van der Waals surface area contributed by atoms with E-state index in [0.717, 1.165) is 6.42 Å². The summed E-state index contributed by atoms with van der Waals surface area (Å²) in [7, 11) is 0. The highest BCUT2D eigenvalue weighted by molar-refractivity contribution is 5.83. The molecule has 1 amide bonds. The van der Waals surface area contributed by atoms with Gasteiger partial charge in [-0.2, -0.15) is 0 Å². The normalized spacial score (nSPS) is 13.5. The van der Waals surface area contributed by atoms with E-state index in [2.05, 4.69) is 11.2 Å². The number of carboxylic acids is 1. The van der Waals surface area contributed by atoms with Crippen LogP contribution in [0.3, 0.4) is 0 Å². The number of nitrogens with one attached hydrogen (secondary N) is 1. The van der Waals surface area contributed by atoms with E-state index in [4.69, 9.17) is 11.5 Å². The zero-order chi connectivity index (χ0) is 13.3. The Kier molecular flexibility index (Phi) is 7.87. The molecule has 2 N–H and O–H groups in total. The third kappa shape index (κ3) is 6.62. The summed E-state index contributed by atoms with van der Waals surface area (Å²) < 4.78 is 0. The van der Waals surface area contributed by atoms with E-state index in [1.807, 2.05) is 13.8 Å². The molecular weight excluding hydrogens is 218 g/mol. The lowest BCUT2D eigenvalue weighted by Crippen LogP contribution is -2.44. The van der Waals surface area contributed by atoms with E-state index in [1.54, 1.807) is 0 Å². The average molecular weight is 239 g/mol. The Balaban J connectivity index is 4.05. The second kappa shape index (κ2) is 8.63. The first kappa shape index (κ1) is 15.5. The van der Waals surface area contributed by atoms with Gasteiger partial charge in [0.1, 0.15) is 6.04 Å². The van der Waals surface area contributed by atoms with E-state index >= 15 is 0 Å². The molecule has 0 bridgehead atoms. The van der Waals surface area contributed by atoms with Gasteiger partial charge in [-0.05, 0) is 18.8 Å². The van der Waals surface area contributed by atoms with Crippen LogP contribution in [0.1, 0.15) is 46.0 Å². The Bertz CT molecular complexity index is 294. The highest BCUT2D eigenvalue weighted by atomic mass is 16.4. The molecule has 0 spiro atoms. The van der Waals surface area contributed by atoms with E-state index in [1.165, 1.54) is 0 Å². The minimum Gasteiger partial charge on any atom is -0.480 e. The van der Waals surface area contributed by atoms with Gasteiger partial charge in [0.2, 0.25) is 5.91 Å². The number of rotatable bonds is 8. The van der Waals surface area contributed by atoms with E-state index in [9.17, 15) is 9.59 Å². The first-order chi connectivity index (χ1) is 8.02. The fourth-order valence-corrected chi connectivity index (χ4v) is 1.44. The molecule has 0 aromatic heterocycles. The topological polar surface area (TPSA) is 66.4 Å². The van der Waals surface area contributed by atoms with E-state index in [0.29, 0.717) is 25.7 Å². The number of carbonyl (C=O) groups excluding carboxylic acids is 1. The lowest BCUT2D eigenvalue weighted by Gasteiger charge is -2.20. The first-order valence-electron chi connectivity index (χ1n) is 5.98. The fraction of sp³-hybridized carbons (Fsp3) is 0.692. The van der Waals surface area contributed by atoms with Gasteiger partial charge < -0.3 is 10.4 Å². The molecule has 0 aliphatic carbocycles. The predicted octanol–water partition coefficient (Wildman–Crippen LogP) is 1.80. The minimum atomic E-state index is -0.976. The van der Waals surface area contributed by atoms with E-state index < -0.39 is 12.0 Å². The largest absolute Gasteiger partial charge is 0.480 e. The highest BCUT2D eigenvalue weighted by Crippen LogP contribution is 2.08. The number of aliphatic carboxylic acids is 1. The minimum absolute atomic E-state index is 0.0674. The summed E-state index contributed by atoms with van der Waals surface area (Å²) in [4.78, 5) is 22.5. The molecule has 17 heavy (non-hydrogen) atoms. The van der Waals surface area contributed by atoms with Gasteiger partial charge in [0, 0.05) is 12.8 Å². The molecule has 0 aliphatic heterocycles. The molecule has 0 rings (SSSR count). The Morgan fingerprint density at radius 1 is 1.41 bits per heavy atom. The van der Waals surface area contributed by atoms with Crippen LogP contribution in [0.5, 0.6) is 0 Å². The summed E-state index contributed by atoms with van der Waals surface area (Å²) in [6.07, 6.45) is 8.29.